The van der Waals surface area contributed by atoms with E-state index in [-0.39, 0.29) is 11.9 Å². The lowest BCUT2D eigenvalue weighted by molar-refractivity contribution is 0.0510. The number of ether oxygens (including phenoxy) is 2. The Labute approximate surface area is 147 Å². The van der Waals surface area contributed by atoms with Crippen molar-refractivity contribution in [2.75, 3.05) is 13.2 Å². The fourth-order valence-corrected chi connectivity index (χ4v) is 2.85. The minimum atomic E-state index is -0.346. The van der Waals surface area contributed by atoms with Crippen molar-refractivity contribution >= 4 is 11.9 Å². The molecule has 2 N–H and O–H groups in total. The van der Waals surface area contributed by atoms with Gasteiger partial charge in [-0.1, -0.05) is 0 Å². The Balaban J connectivity index is 2.34. The largest absolute Gasteiger partial charge is 0.461 e. The molecule has 0 aliphatic rings. The van der Waals surface area contributed by atoms with Crippen LogP contribution in [0, 0.1) is 27.7 Å². The van der Waals surface area contributed by atoms with Gasteiger partial charge in [-0.3, -0.25) is 0 Å². The lowest BCUT2D eigenvalue weighted by Crippen LogP contribution is -2.07. The molecule has 0 unspecified atom stereocenters. The normalized spacial score (nSPS) is 10.8. The van der Waals surface area contributed by atoms with Gasteiger partial charge < -0.3 is 19.4 Å². The molecular formula is C19H26N2O4. The van der Waals surface area contributed by atoms with Gasteiger partial charge in [-0.25, -0.2) is 9.59 Å². The molecule has 6 heteroatoms. The molecule has 0 bridgehead atoms. The van der Waals surface area contributed by atoms with E-state index in [2.05, 4.69) is 9.97 Å². The minimum Gasteiger partial charge on any atom is -0.461 e. The molecule has 0 saturated heterocycles. The molecule has 0 aromatic carbocycles. The number of H-pyrrole nitrogens is 2. The Morgan fingerprint density at radius 1 is 0.720 bits per heavy atom. The molecule has 6 nitrogen and oxygen atoms in total. The van der Waals surface area contributed by atoms with Crippen LogP contribution in [0.15, 0.2) is 0 Å². The average molecular weight is 346 g/mol. The van der Waals surface area contributed by atoms with Crippen LogP contribution >= 0.6 is 0 Å². The number of nitrogens with one attached hydrogen (secondary N) is 2. The topological polar surface area (TPSA) is 84.2 Å². The molecule has 0 aliphatic carbocycles. The number of esters is 2. The summed E-state index contributed by atoms with van der Waals surface area (Å²) in [5.41, 5.74) is 6.65. The Morgan fingerprint density at radius 2 is 1.08 bits per heavy atom. The van der Waals surface area contributed by atoms with Crippen LogP contribution in [0.3, 0.4) is 0 Å². The van der Waals surface area contributed by atoms with Crippen molar-refractivity contribution in [3.8, 4) is 0 Å². The summed E-state index contributed by atoms with van der Waals surface area (Å²) in [6.45, 7) is 12.0. The predicted molar refractivity (Wildman–Crippen MR) is 95.3 cm³/mol. The zero-order valence-electron chi connectivity index (χ0n) is 15.8. The first-order valence-corrected chi connectivity index (χ1v) is 8.52. The number of hydrogen-bond acceptors (Lipinski definition) is 4. The summed E-state index contributed by atoms with van der Waals surface area (Å²) in [6, 6.07) is 0. The fraction of sp³-hybridized carbons (Fsp3) is 0.474. The molecule has 25 heavy (non-hydrogen) atoms. The molecule has 0 radical (unpaired) electrons. The highest BCUT2D eigenvalue weighted by atomic mass is 16.5. The van der Waals surface area contributed by atoms with Crippen LogP contribution < -0.4 is 0 Å². The van der Waals surface area contributed by atoms with Crippen LogP contribution in [-0.4, -0.2) is 35.1 Å². The standard InChI is InChI=1S/C19H26N2O4/c1-7-24-18(22)16-12(5)10(3)14(20-16)9-15-11(4)13(6)17(21-15)19(23)25-8-2/h20-21H,7-9H2,1-6H3. The van der Waals surface area contributed by atoms with Gasteiger partial charge in [-0.05, 0) is 63.8 Å². The maximum absolute atomic E-state index is 12.0. The number of rotatable bonds is 6. The van der Waals surface area contributed by atoms with Crippen LogP contribution in [0.4, 0.5) is 0 Å². The molecule has 0 saturated carbocycles. The number of hydrogen-bond donors (Lipinski definition) is 2. The van der Waals surface area contributed by atoms with E-state index in [1.165, 1.54) is 0 Å². The highest BCUT2D eigenvalue weighted by Gasteiger charge is 2.21. The van der Waals surface area contributed by atoms with Gasteiger partial charge >= 0.3 is 11.9 Å². The second-order valence-corrected chi connectivity index (χ2v) is 6.07. The number of carbonyl (C=O) groups excluding carboxylic acids is 2. The monoisotopic (exact) mass is 346 g/mol. The highest BCUT2D eigenvalue weighted by Crippen LogP contribution is 2.24. The van der Waals surface area contributed by atoms with Crippen LogP contribution in [0.2, 0.25) is 0 Å². The first-order valence-electron chi connectivity index (χ1n) is 8.52. The van der Waals surface area contributed by atoms with Crippen molar-refractivity contribution in [2.45, 2.75) is 48.0 Å². The SMILES string of the molecule is CCOC(=O)c1[nH]c(Cc2[nH]c(C(=O)OCC)c(C)c2C)c(C)c1C. The van der Waals surface area contributed by atoms with Gasteiger partial charge in [0, 0.05) is 17.8 Å². The highest BCUT2D eigenvalue weighted by molar-refractivity contribution is 5.90. The van der Waals surface area contributed by atoms with Crippen LogP contribution in [-0.2, 0) is 15.9 Å². The van der Waals surface area contributed by atoms with Gasteiger partial charge in [-0.2, -0.15) is 0 Å². The maximum Gasteiger partial charge on any atom is 0.355 e. The van der Waals surface area contributed by atoms with Crippen LogP contribution in [0.5, 0.6) is 0 Å². The summed E-state index contributed by atoms with van der Waals surface area (Å²) in [5.74, 6) is -0.693. The second-order valence-electron chi connectivity index (χ2n) is 6.07. The molecule has 0 spiro atoms. The van der Waals surface area contributed by atoms with Gasteiger partial charge in [0.1, 0.15) is 11.4 Å². The number of carbonyl (C=O) groups is 2. The second kappa shape index (κ2) is 7.59. The molecule has 2 aromatic heterocycles. The van der Waals surface area contributed by atoms with E-state index < -0.39 is 0 Å². The molecule has 0 atom stereocenters. The van der Waals surface area contributed by atoms with Crippen molar-refractivity contribution < 1.29 is 19.1 Å². The van der Waals surface area contributed by atoms with Crippen molar-refractivity contribution in [3.63, 3.8) is 0 Å². The summed E-state index contributed by atoms with van der Waals surface area (Å²) >= 11 is 0. The van der Waals surface area contributed by atoms with Gasteiger partial charge in [0.15, 0.2) is 0 Å². The lowest BCUT2D eigenvalue weighted by atomic mass is 10.1. The van der Waals surface area contributed by atoms with Gasteiger partial charge in [0.05, 0.1) is 13.2 Å². The third-order valence-electron chi connectivity index (χ3n) is 4.64. The Kier molecular flexibility index (Phi) is 5.72. The molecule has 0 fully saturated rings. The molecular weight excluding hydrogens is 320 g/mol. The van der Waals surface area contributed by atoms with Crippen molar-refractivity contribution in [2.24, 2.45) is 0 Å². The van der Waals surface area contributed by atoms with Crippen LogP contribution in [0.25, 0.3) is 0 Å². The average Bonchev–Trinajstić information content (AvgIpc) is 3.01. The molecule has 2 heterocycles. The van der Waals surface area contributed by atoms with Crippen molar-refractivity contribution in [1.82, 2.24) is 9.97 Å². The Hall–Kier alpha value is -2.50. The number of aromatic nitrogens is 2. The van der Waals surface area contributed by atoms with Gasteiger partial charge in [0.2, 0.25) is 0 Å². The molecule has 0 amide bonds. The first-order chi connectivity index (χ1) is 11.8. The summed E-state index contributed by atoms with van der Waals surface area (Å²) in [6.07, 6.45) is 0.568. The lowest BCUT2D eigenvalue weighted by Gasteiger charge is -2.02. The quantitative estimate of drug-likeness (QED) is 0.784. The van der Waals surface area contributed by atoms with Gasteiger partial charge in [0.25, 0.3) is 0 Å². The van der Waals surface area contributed by atoms with Gasteiger partial charge in [-0.15, -0.1) is 0 Å². The zero-order chi connectivity index (χ0) is 18.7. The summed E-state index contributed by atoms with van der Waals surface area (Å²) in [7, 11) is 0. The van der Waals surface area contributed by atoms with E-state index in [0.717, 1.165) is 33.6 Å². The predicted octanol–water partition coefficient (Wildman–Crippen LogP) is 3.52. The maximum atomic E-state index is 12.0. The summed E-state index contributed by atoms with van der Waals surface area (Å²) in [5, 5.41) is 0. The number of aromatic amines is 2. The summed E-state index contributed by atoms with van der Waals surface area (Å²) < 4.78 is 10.2. The third kappa shape index (κ3) is 3.62. The van der Waals surface area contributed by atoms with E-state index in [4.69, 9.17) is 9.47 Å². The Bertz CT molecular complexity index is 733. The summed E-state index contributed by atoms with van der Waals surface area (Å²) in [4.78, 5) is 30.5. The molecule has 2 rings (SSSR count). The van der Waals surface area contributed by atoms with E-state index >= 15 is 0 Å². The van der Waals surface area contributed by atoms with Crippen molar-refractivity contribution in [1.29, 1.82) is 0 Å². The van der Waals surface area contributed by atoms with E-state index in [1.54, 1.807) is 13.8 Å². The molecule has 0 aliphatic heterocycles. The third-order valence-corrected chi connectivity index (χ3v) is 4.64. The van der Waals surface area contributed by atoms with E-state index in [9.17, 15) is 9.59 Å². The zero-order valence-corrected chi connectivity index (χ0v) is 15.8. The molecule has 2 aromatic rings. The molecule has 136 valence electrons. The van der Waals surface area contributed by atoms with Crippen molar-refractivity contribution in [3.05, 3.63) is 45.0 Å². The fourth-order valence-electron chi connectivity index (χ4n) is 2.85. The van der Waals surface area contributed by atoms with Crippen LogP contribution in [0.1, 0.15) is 68.5 Å². The smallest absolute Gasteiger partial charge is 0.355 e. The first kappa shape index (κ1) is 18.8. The minimum absolute atomic E-state index is 0.337. The van der Waals surface area contributed by atoms with E-state index in [0.29, 0.717) is 31.0 Å². The Morgan fingerprint density at radius 3 is 1.40 bits per heavy atom. The van der Waals surface area contributed by atoms with E-state index in [1.807, 2.05) is 27.7 Å².